The monoisotopic (exact) mass is 263 g/mol. The Kier molecular flexibility index (Phi) is 3.95. The summed E-state index contributed by atoms with van der Waals surface area (Å²) in [5.41, 5.74) is 7.50. The maximum Gasteiger partial charge on any atom is 0.228 e. The molecule has 1 aromatic rings. The Morgan fingerprint density at radius 3 is 2.89 bits per heavy atom. The van der Waals surface area contributed by atoms with Gasteiger partial charge in [-0.1, -0.05) is 6.92 Å². The first-order valence-corrected chi connectivity index (χ1v) is 6.53. The summed E-state index contributed by atoms with van der Waals surface area (Å²) in [5.74, 6) is 0.575. The molecule has 2 rings (SSSR count). The van der Waals surface area contributed by atoms with Crippen LogP contribution in [0, 0.1) is 5.92 Å². The third-order valence-corrected chi connectivity index (χ3v) is 3.52. The molecule has 19 heavy (non-hydrogen) atoms. The van der Waals surface area contributed by atoms with Crippen molar-refractivity contribution in [1.29, 1.82) is 0 Å². The molecular formula is C14H21N3O2. The fourth-order valence-corrected chi connectivity index (χ4v) is 1.92. The molecule has 1 aliphatic heterocycles. The molecule has 1 amide bonds. The number of likely N-dealkylation sites (N-methyl/N-ethyl adjacent to an activating group) is 1. The van der Waals surface area contributed by atoms with Gasteiger partial charge in [-0.25, -0.2) is 0 Å². The lowest BCUT2D eigenvalue weighted by Gasteiger charge is -2.28. The van der Waals surface area contributed by atoms with Crippen molar-refractivity contribution >= 4 is 17.3 Å². The first-order valence-electron chi connectivity index (χ1n) is 6.53. The quantitative estimate of drug-likeness (QED) is 0.866. The molecule has 1 aliphatic rings. The number of hydrogen-bond donors (Lipinski definition) is 2. The zero-order chi connectivity index (χ0) is 14.0. The molecule has 1 heterocycles. The number of carbonyl (C=O) groups is 1. The lowest BCUT2D eigenvalue weighted by molar-refractivity contribution is -0.119. The van der Waals surface area contributed by atoms with Crippen molar-refractivity contribution in [1.82, 2.24) is 0 Å². The molecule has 5 heteroatoms. The molecule has 0 aromatic heterocycles. The number of hydrogen-bond acceptors (Lipinski definition) is 4. The van der Waals surface area contributed by atoms with E-state index in [1.807, 2.05) is 39.1 Å². The SMILES string of the molecule is CC(N)C(C)C(=O)Nc1ccc2c(c1)N(C)CCO2. The maximum absolute atomic E-state index is 12.0. The molecule has 0 spiro atoms. The van der Waals surface area contributed by atoms with E-state index >= 15 is 0 Å². The zero-order valence-electron chi connectivity index (χ0n) is 11.6. The smallest absolute Gasteiger partial charge is 0.228 e. The third-order valence-electron chi connectivity index (χ3n) is 3.52. The van der Waals surface area contributed by atoms with Gasteiger partial charge in [0.05, 0.1) is 18.2 Å². The first-order chi connectivity index (χ1) is 8.99. The Hall–Kier alpha value is -1.75. The Bertz CT molecular complexity index is 474. The molecule has 0 saturated heterocycles. The van der Waals surface area contributed by atoms with E-state index in [4.69, 9.17) is 10.5 Å². The van der Waals surface area contributed by atoms with Gasteiger partial charge in [0, 0.05) is 18.8 Å². The van der Waals surface area contributed by atoms with Crippen molar-refractivity contribution < 1.29 is 9.53 Å². The van der Waals surface area contributed by atoms with Crippen molar-refractivity contribution in [2.45, 2.75) is 19.9 Å². The summed E-state index contributed by atoms with van der Waals surface area (Å²) in [6.45, 7) is 5.20. The number of amides is 1. The van der Waals surface area contributed by atoms with Gasteiger partial charge in [-0.15, -0.1) is 0 Å². The molecule has 0 radical (unpaired) electrons. The summed E-state index contributed by atoms with van der Waals surface area (Å²) in [6, 6.07) is 5.50. The molecule has 2 unspecified atom stereocenters. The van der Waals surface area contributed by atoms with Crippen LogP contribution in [-0.4, -0.2) is 32.1 Å². The second-order valence-corrected chi connectivity index (χ2v) is 5.09. The summed E-state index contributed by atoms with van der Waals surface area (Å²) in [4.78, 5) is 14.1. The second-order valence-electron chi connectivity index (χ2n) is 5.09. The fourth-order valence-electron chi connectivity index (χ4n) is 1.92. The largest absolute Gasteiger partial charge is 0.490 e. The lowest BCUT2D eigenvalue weighted by atomic mass is 10.0. The van der Waals surface area contributed by atoms with Crippen LogP contribution in [-0.2, 0) is 4.79 Å². The number of nitrogens with one attached hydrogen (secondary N) is 1. The summed E-state index contributed by atoms with van der Waals surface area (Å²) in [5, 5.41) is 2.89. The number of ether oxygens (including phenoxy) is 1. The predicted octanol–water partition coefficient (Wildman–Crippen LogP) is 1.44. The molecule has 104 valence electrons. The predicted molar refractivity (Wildman–Crippen MR) is 76.7 cm³/mol. The Labute approximate surface area is 113 Å². The van der Waals surface area contributed by atoms with Crippen LogP contribution in [0.4, 0.5) is 11.4 Å². The standard InChI is InChI=1S/C14H21N3O2/c1-9(10(2)15)14(18)16-11-4-5-13-12(8-11)17(3)6-7-19-13/h4-5,8-10H,6-7,15H2,1-3H3,(H,16,18). The van der Waals surface area contributed by atoms with E-state index in [-0.39, 0.29) is 17.9 Å². The highest BCUT2D eigenvalue weighted by Gasteiger charge is 2.19. The molecular weight excluding hydrogens is 242 g/mol. The fraction of sp³-hybridized carbons (Fsp3) is 0.500. The van der Waals surface area contributed by atoms with Crippen molar-refractivity contribution in [3.8, 4) is 5.75 Å². The van der Waals surface area contributed by atoms with Crippen LogP contribution in [0.15, 0.2) is 18.2 Å². The van der Waals surface area contributed by atoms with Gasteiger partial charge in [-0.05, 0) is 25.1 Å². The van der Waals surface area contributed by atoms with Gasteiger partial charge in [0.1, 0.15) is 12.4 Å². The number of nitrogens with zero attached hydrogens (tertiary/aromatic N) is 1. The Morgan fingerprint density at radius 2 is 2.21 bits per heavy atom. The van der Waals surface area contributed by atoms with Crippen LogP contribution in [0.2, 0.25) is 0 Å². The Balaban J connectivity index is 2.14. The number of carbonyl (C=O) groups excluding carboxylic acids is 1. The first kappa shape index (κ1) is 13.7. The lowest BCUT2D eigenvalue weighted by Crippen LogP contribution is -2.34. The number of rotatable bonds is 3. The van der Waals surface area contributed by atoms with E-state index in [0.29, 0.717) is 6.61 Å². The Morgan fingerprint density at radius 1 is 1.47 bits per heavy atom. The van der Waals surface area contributed by atoms with Gasteiger partial charge < -0.3 is 20.7 Å². The maximum atomic E-state index is 12.0. The van der Waals surface area contributed by atoms with E-state index in [1.165, 1.54) is 0 Å². The minimum atomic E-state index is -0.218. The highest BCUT2D eigenvalue weighted by atomic mass is 16.5. The minimum Gasteiger partial charge on any atom is -0.490 e. The minimum absolute atomic E-state index is 0.0608. The number of benzene rings is 1. The summed E-state index contributed by atoms with van der Waals surface area (Å²) in [7, 11) is 2.01. The van der Waals surface area contributed by atoms with Crippen LogP contribution < -0.4 is 20.7 Å². The van der Waals surface area contributed by atoms with Gasteiger partial charge in [-0.3, -0.25) is 4.79 Å². The molecule has 0 saturated carbocycles. The number of nitrogens with two attached hydrogens (primary N) is 1. The van der Waals surface area contributed by atoms with Crippen molar-refractivity contribution in [2.24, 2.45) is 11.7 Å². The van der Waals surface area contributed by atoms with Gasteiger partial charge in [-0.2, -0.15) is 0 Å². The van der Waals surface area contributed by atoms with Gasteiger partial charge in [0.15, 0.2) is 0 Å². The van der Waals surface area contributed by atoms with Crippen LogP contribution in [0.3, 0.4) is 0 Å². The van der Waals surface area contributed by atoms with E-state index < -0.39 is 0 Å². The van der Waals surface area contributed by atoms with Crippen molar-refractivity contribution in [3.05, 3.63) is 18.2 Å². The molecule has 2 atom stereocenters. The van der Waals surface area contributed by atoms with Crippen LogP contribution in [0.1, 0.15) is 13.8 Å². The van der Waals surface area contributed by atoms with Gasteiger partial charge >= 0.3 is 0 Å². The van der Waals surface area contributed by atoms with Crippen molar-refractivity contribution in [3.63, 3.8) is 0 Å². The topological polar surface area (TPSA) is 67.6 Å². The summed E-state index contributed by atoms with van der Waals surface area (Å²) >= 11 is 0. The summed E-state index contributed by atoms with van der Waals surface area (Å²) in [6.07, 6.45) is 0. The molecule has 3 N–H and O–H groups in total. The van der Waals surface area contributed by atoms with Crippen LogP contribution in [0.25, 0.3) is 0 Å². The summed E-state index contributed by atoms with van der Waals surface area (Å²) < 4.78 is 5.57. The average molecular weight is 263 g/mol. The highest BCUT2D eigenvalue weighted by molar-refractivity contribution is 5.93. The molecule has 0 fully saturated rings. The highest BCUT2D eigenvalue weighted by Crippen LogP contribution is 2.33. The van der Waals surface area contributed by atoms with Crippen molar-refractivity contribution in [2.75, 3.05) is 30.4 Å². The second kappa shape index (κ2) is 5.48. The zero-order valence-corrected chi connectivity index (χ0v) is 11.6. The number of fused-ring (bicyclic) bond motifs is 1. The molecule has 0 bridgehead atoms. The average Bonchev–Trinajstić information content (AvgIpc) is 2.38. The van der Waals surface area contributed by atoms with Crippen LogP contribution in [0.5, 0.6) is 5.75 Å². The third kappa shape index (κ3) is 2.98. The molecule has 0 aliphatic carbocycles. The molecule has 1 aromatic carbocycles. The van der Waals surface area contributed by atoms with E-state index in [2.05, 4.69) is 10.2 Å². The van der Waals surface area contributed by atoms with E-state index in [9.17, 15) is 4.79 Å². The molecule has 5 nitrogen and oxygen atoms in total. The normalized spacial score (nSPS) is 17.2. The van der Waals surface area contributed by atoms with Crippen LogP contribution >= 0.6 is 0 Å². The van der Waals surface area contributed by atoms with E-state index in [0.717, 1.165) is 23.7 Å². The van der Waals surface area contributed by atoms with E-state index in [1.54, 1.807) is 0 Å². The van der Waals surface area contributed by atoms with Gasteiger partial charge in [0.2, 0.25) is 5.91 Å². The van der Waals surface area contributed by atoms with Gasteiger partial charge in [0.25, 0.3) is 0 Å². The number of anilines is 2.